The van der Waals surface area contributed by atoms with E-state index < -0.39 is 0 Å². The van der Waals surface area contributed by atoms with Crippen molar-refractivity contribution >= 4 is 23.0 Å². The topological polar surface area (TPSA) is 64.3 Å². The van der Waals surface area contributed by atoms with Crippen LogP contribution in [0.2, 0.25) is 0 Å². The number of nitrogens with two attached hydrogens (primary N) is 1. The van der Waals surface area contributed by atoms with E-state index in [1.54, 1.807) is 12.4 Å². The van der Waals surface area contributed by atoms with E-state index in [0.29, 0.717) is 11.7 Å². The maximum absolute atomic E-state index is 5.49. The highest BCUT2D eigenvalue weighted by Crippen LogP contribution is 2.18. The Bertz CT molecular complexity index is 395. The monoisotopic (exact) mass is 252 g/mol. The molecule has 6 heteroatoms. The summed E-state index contributed by atoms with van der Waals surface area (Å²) in [6.07, 6.45) is 4.38. The summed E-state index contributed by atoms with van der Waals surface area (Å²) in [5.41, 5.74) is 6.05. The highest BCUT2D eigenvalue weighted by molar-refractivity contribution is 7.80. The molecule has 1 atom stereocenters. The number of nitrogens with zero attached hydrogens (tertiary/aromatic N) is 3. The van der Waals surface area contributed by atoms with Gasteiger partial charge in [-0.1, -0.05) is 19.1 Å². The lowest BCUT2D eigenvalue weighted by Crippen LogP contribution is -2.45. The fourth-order valence-electron chi connectivity index (χ4n) is 1.89. The minimum atomic E-state index is 0.276. The molecule has 0 amide bonds. The van der Waals surface area contributed by atoms with E-state index >= 15 is 0 Å². The molecular weight excluding hydrogens is 236 g/mol. The maximum atomic E-state index is 5.49. The number of thiocarbonyl (C=S) groups is 1. The number of hydrogen-bond donors (Lipinski definition) is 1. The zero-order chi connectivity index (χ0) is 12.3. The molecule has 1 aliphatic rings. The van der Waals surface area contributed by atoms with Gasteiger partial charge in [-0.2, -0.15) is 0 Å². The average molecular weight is 252 g/mol. The largest absolute Gasteiger partial charge is 0.388 e. The molecule has 1 aliphatic heterocycles. The summed E-state index contributed by atoms with van der Waals surface area (Å²) in [4.78, 5) is 11.1. The van der Waals surface area contributed by atoms with Crippen LogP contribution in [0.25, 0.3) is 0 Å². The molecule has 1 fully saturated rings. The van der Waals surface area contributed by atoms with Crippen molar-refractivity contribution in [2.24, 2.45) is 5.73 Å². The number of morpholine rings is 1. The van der Waals surface area contributed by atoms with Crippen LogP contribution in [-0.4, -0.2) is 40.8 Å². The van der Waals surface area contributed by atoms with Gasteiger partial charge < -0.3 is 15.4 Å². The Balaban J connectivity index is 2.17. The SMILES string of the molecule is CCC1COCCN1c1cnc(C(N)=S)cn1. The van der Waals surface area contributed by atoms with Crippen LogP contribution < -0.4 is 10.6 Å². The average Bonchev–Trinajstić information content (AvgIpc) is 2.39. The van der Waals surface area contributed by atoms with Gasteiger partial charge in [0.05, 0.1) is 31.6 Å². The minimum absolute atomic E-state index is 0.276. The van der Waals surface area contributed by atoms with Crippen molar-refractivity contribution < 1.29 is 4.74 Å². The minimum Gasteiger partial charge on any atom is -0.388 e. The number of aromatic nitrogens is 2. The van der Waals surface area contributed by atoms with E-state index in [-0.39, 0.29) is 4.99 Å². The van der Waals surface area contributed by atoms with E-state index in [1.165, 1.54) is 0 Å². The number of ether oxygens (including phenoxy) is 1. The van der Waals surface area contributed by atoms with Crippen molar-refractivity contribution in [3.63, 3.8) is 0 Å². The molecule has 0 aromatic carbocycles. The zero-order valence-corrected chi connectivity index (χ0v) is 10.6. The van der Waals surface area contributed by atoms with Crippen LogP contribution in [0.15, 0.2) is 12.4 Å². The van der Waals surface area contributed by atoms with Gasteiger partial charge >= 0.3 is 0 Å². The quantitative estimate of drug-likeness (QED) is 0.800. The molecule has 2 N–H and O–H groups in total. The molecule has 92 valence electrons. The molecule has 2 heterocycles. The van der Waals surface area contributed by atoms with Crippen molar-refractivity contribution in [3.8, 4) is 0 Å². The smallest absolute Gasteiger partial charge is 0.147 e. The van der Waals surface area contributed by atoms with Gasteiger partial charge in [-0.3, -0.25) is 0 Å². The molecule has 0 bridgehead atoms. The lowest BCUT2D eigenvalue weighted by atomic mass is 10.2. The predicted molar refractivity (Wildman–Crippen MR) is 70.2 cm³/mol. The van der Waals surface area contributed by atoms with Gasteiger partial charge in [-0.05, 0) is 6.42 Å². The van der Waals surface area contributed by atoms with E-state index in [0.717, 1.165) is 32.0 Å². The van der Waals surface area contributed by atoms with Crippen LogP contribution in [0.5, 0.6) is 0 Å². The molecule has 2 rings (SSSR count). The highest BCUT2D eigenvalue weighted by atomic mass is 32.1. The van der Waals surface area contributed by atoms with Crippen molar-refractivity contribution in [2.75, 3.05) is 24.7 Å². The number of rotatable bonds is 3. The van der Waals surface area contributed by atoms with E-state index in [2.05, 4.69) is 21.8 Å². The fourth-order valence-corrected chi connectivity index (χ4v) is 2.00. The summed E-state index contributed by atoms with van der Waals surface area (Å²) in [6, 6.07) is 0.369. The van der Waals surface area contributed by atoms with Crippen LogP contribution in [0.1, 0.15) is 19.0 Å². The molecule has 0 spiro atoms. The second-order valence-corrected chi connectivity index (χ2v) is 4.39. The molecule has 1 aromatic rings. The van der Waals surface area contributed by atoms with E-state index in [4.69, 9.17) is 22.7 Å². The Labute approximate surface area is 106 Å². The summed E-state index contributed by atoms with van der Waals surface area (Å²) in [6.45, 7) is 4.47. The number of anilines is 1. The summed E-state index contributed by atoms with van der Waals surface area (Å²) in [5.74, 6) is 0.861. The first-order valence-corrected chi connectivity index (χ1v) is 6.09. The molecule has 17 heavy (non-hydrogen) atoms. The van der Waals surface area contributed by atoms with Gasteiger partial charge in [0.2, 0.25) is 0 Å². The first kappa shape index (κ1) is 12.2. The molecule has 1 saturated heterocycles. The van der Waals surface area contributed by atoms with Crippen LogP contribution in [-0.2, 0) is 4.74 Å². The first-order valence-electron chi connectivity index (χ1n) is 5.68. The summed E-state index contributed by atoms with van der Waals surface area (Å²) in [7, 11) is 0. The van der Waals surface area contributed by atoms with Gasteiger partial charge in [-0.25, -0.2) is 9.97 Å². The summed E-state index contributed by atoms with van der Waals surface area (Å²) in [5, 5.41) is 0. The molecule has 5 nitrogen and oxygen atoms in total. The van der Waals surface area contributed by atoms with Gasteiger partial charge in [0.1, 0.15) is 16.5 Å². The third-order valence-corrected chi connectivity index (χ3v) is 3.09. The Kier molecular flexibility index (Phi) is 3.86. The van der Waals surface area contributed by atoms with Gasteiger partial charge in [0.25, 0.3) is 0 Å². The third-order valence-electron chi connectivity index (χ3n) is 2.88. The van der Waals surface area contributed by atoms with Crippen LogP contribution >= 0.6 is 12.2 Å². The van der Waals surface area contributed by atoms with E-state index in [1.807, 2.05) is 0 Å². The molecule has 0 saturated carbocycles. The van der Waals surface area contributed by atoms with E-state index in [9.17, 15) is 0 Å². The highest BCUT2D eigenvalue weighted by Gasteiger charge is 2.22. The second kappa shape index (κ2) is 5.37. The fraction of sp³-hybridized carbons (Fsp3) is 0.545. The molecule has 0 aliphatic carbocycles. The summed E-state index contributed by atoms with van der Waals surface area (Å²) >= 11 is 4.85. The first-order chi connectivity index (χ1) is 8.22. The Morgan fingerprint density at radius 2 is 2.41 bits per heavy atom. The van der Waals surface area contributed by atoms with Gasteiger partial charge in [0.15, 0.2) is 0 Å². The standard InChI is InChI=1S/C11H16N4OS/c1-2-8-7-16-4-3-15(8)10-6-13-9(5-14-10)11(12)17/h5-6,8H,2-4,7H2,1H3,(H2,12,17). The van der Waals surface area contributed by atoms with Crippen LogP contribution in [0.4, 0.5) is 5.82 Å². The molecule has 1 aromatic heterocycles. The Morgan fingerprint density at radius 3 is 3.00 bits per heavy atom. The second-order valence-electron chi connectivity index (χ2n) is 3.95. The normalized spacial score (nSPS) is 20.3. The van der Waals surface area contributed by atoms with Crippen molar-refractivity contribution in [3.05, 3.63) is 18.1 Å². The molecule has 0 radical (unpaired) electrons. The van der Waals surface area contributed by atoms with Crippen molar-refractivity contribution in [1.29, 1.82) is 0 Å². The maximum Gasteiger partial charge on any atom is 0.147 e. The molecular formula is C11H16N4OS. The predicted octanol–water partition coefficient (Wildman–Crippen LogP) is 0.726. The number of hydrogen-bond acceptors (Lipinski definition) is 5. The molecule has 1 unspecified atom stereocenters. The zero-order valence-electron chi connectivity index (χ0n) is 9.80. The summed E-state index contributed by atoms with van der Waals surface area (Å²) < 4.78 is 5.46. The van der Waals surface area contributed by atoms with Crippen molar-refractivity contribution in [1.82, 2.24) is 9.97 Å². The Hall–Kier alpha value is -1.27. The van der Waals surface area contributed by atoms with Crippen molar-refractivity contribution in [2.45, 2.75) is 19.4 Å². The lowest BCUT2D eigenvalue weighted by molar-refractivity contribution is 0.0925. The lowest BCUT2D eigenvalue weighted by Gasteiger charge is -2.35. The Morgan fingerprint density at radius 1 is 1.59 bits per heavy atom. The third kappa shape index (κ3) is 2.70. The van der Waals surface area contributed by atoms with Crippen LogP contribution in [0, 0.1) is 0 Å². The van der Waals surface area contributed by atoms with Crippen LogP contribution in [0.3, 0.4) is 0 Å². The van der Waals surface area contributed by atoms with Gasteiger partial charge in [0, 0.05) is 6.54 Å². The van der Waals surface area contributed by atoms with Gasteiger partial charge in [-0.15, -0.1) is 0 Å².